The Hall–Kier alpha value is -2.20. The summed E-state index contributed by atoms with van der Waals surface area (Å²) in [4.78, 5) is 16.9. The van der Waals surface area contributed by atoms with Crippen LogP contribution in [0.4, 0.5) is 0 Å². The van der Waals surface area contributed by atoms with Crippen LogP contribution in [0.1, 0.15) is 70.2 Å². The van der Waals surface area contributed by atoms with Gasteiger partial charge in [0.15, 0.2) is 0 Å². The lowest BCUT2D eigenvalue weighted by Crippen LogP contribution is -2.19. The molecule has 152 valence electrons. The van der Waals surface area contributed by atoms with E-state index in [4.69, 9.17) is 4.74 Å². The molecule has 0 aliphatic carbocycles. The Balaban J connectivity index is 1.91. The number of hydrogen-bond acceptors (Lipinski definition) is 4. The highest BCUT2D eigenvalue weighted by atomic mass is 16.5. The van der Waals surface area contributed by atoms with Gasteiger partial charge in [-0.25, -0.2) is 0 Å². The molecular weight excluding hydrogens is 350 g/mol. The number of benzene rings is 1. The topological polar surface area (TPSA) is 59.4 Å². The number of aliphatic hydroxyl groups excluding tert-OH is 1. The fraction of sp³-hybridized carbons (Fsp3) is 0.500. The van der Waals surface area contributed by atoms with Gasteiger partial charge in [0.25, 0.3) is 0 Å². The van der Waals surface area contributed by atoms with E-state index in [0.717, 1.165) is 17.7 Å². The van der Waals surface area contributed by atoms with Gasteiger partial charge in [0, 0.05) is 24.5 Å². The van der Waals surface area contributed by atoms with Gasteiger partial charge < -0.3 is 9.84 Å². The lowest BCUT2D eigenvalue weighted by Gasteiger charge is -2.19. The molecule has 4 heteroatoms. The second kappa shape index (κ2) is 9.83. The molecule has 0 saturated heterocycles. The highest BCUT2D eigenvalue weighted by Gasteiger charge is 2.16. The highest BCUT2D eigenvalue weighted by molar-refractivity contribution is 5.81. The van der Waals surface area contributed by atoms with Crippen LogP contribution in [0.25, 0.3) is 0 Å². The molecule has 1 aromatic heterocycles. The van der Waals surface area contributed by atoms with Crippen molar-refractivity contribution in [2.45, 2.75) is 71.3 Å². The summed E-state index contributed by atoms with van der Waals surface area (Å²) in [5.41, 5.74) is 3.32. The minimum Gasteiger partial charge on any atom is -0.486 e. The summed E-state index contributed by atoms with van der Waals surface area (Å²) in [5, 5.41) is 9.22. The molecule has 0 fully saturated rings. The normalized spacial score (nSPS) is 13.8. The third-order valence-corrected chi connectivity index (χ3v) is 4.98. The van der Waals surface area contributed by atoms with Gasteiger partial charge in [-0.2, -0.15) is 0 Å². The Labute approximate surface area is 169 Å². The van der Waals surface area contributed by atoms with E-state index >= 15 is 0 Å². The molecule has 0 aliphatic rings. The molecule has 2 unspecified atom stereocenters. The van der Waals surface area contributed by atoms with Crippen molar-refractivity contribution in [3.05, 3.63) is 59.4 Å². The Morgan fingerprint density at radius 2 is 1.82 bits per heavy atom. The van der Waals surface area contributed by atoms with Gasteiger partial charge in [0.2, 0.25) is 0 Å². The predicted molar refractivity (Wildman–Crippen MR) is 113 cm³/mol. The third-order valence-electron chi connectivity index (χ3n) is 4.98. The highest BCUT2D eigenvalue weighted by Crippen LogP contribution is 2.24. The molecule has 0 amide bonds. The smallest absolute Gasteiger partial charge is 0.138 e. The average Bonchev–Trinajstić information content (AvgIpc) is 2.66. The zero-order valence-corrected chi connectivity index (χ0v) is 17.7. The zero-order valence-electron chi connectivity index (χ0n) is 17.7. The summed E-state index contributed by atoms with van der Waals surface area (Å²) in [7, 11) is 0. The summed E-state index contributed by atoms with van der Waals surface area (Å²) in [6.45, 7) is 10.5. The quantitative estimate of drug-likeness (QED) is 0.673. The molecule has 2 rings (SSSR count). The number of hydrogen-bond donors (Lipinski definition) is 1. The number of nitrogens with zero attached hydrogens (tertiary/aromatic N) is 1. The SMILES string of the molecule is CCC(CO)Oc1ccc(C(C)CC(=O)Cc2ccc(C(C)(C)C)cc2)nc1. The van der Waals surface area contributed by atoms with Crippen LogP contribution in [-0.2, 0) is 16.6 Å². The number of carbonyl (C=O) groups is 1. The van der Waals surface area contributed by atoms with Gasteiger partial charge in [-0.1, -0.05) is 58.9 Å². The fourth-order valence-corrected chi connectivity index (χ4v) is 3.06. The molecule has 0 bridgehead atoms. The molecule has 0 saturated carbocycles. The number of ether oxygens (including phenoxy) is 1. The van der Waals surface area contributed by atoms with E-state index in [9.17, 15) is 9.90 Å². The first-order valence-electron chi connectivity index (χ1n) is 10.1. The van der Waals surface area contributed by atoms with Crippen molar-refractivity contribution >= 4 is 5.78 Å². The Morgan fingerprint density at radius 3 is 2.32 bits per heavy atom. The monoisotopic (exact) mass is 383 g/mol. The van der Waals surface area contributed by atoms with Gasteiger partial charge in [0.05, 0.1) is 12.8 Å². The number of ketones is 1. The van der Waals surface area contributed by atoms with Crippen LogP contribution < -0.4 is 4.74 Å². The average molecular weight is 384 g/mol. The van der Waals surface area contributed by atoms with Crippen LogP contribution in [0.2, 0.25) is 0 Å². The molecule has 0 spiro atoms. The lowest BCUT2D eigenvalue weighted by molar-refractivity contribution is -0.118. The second-order valence-electron chi connectivity index (χ2n) is 8.52. The van der Waals surface area contributed by atoms with Crippen molar-refractivity contribution in [3.8, 4) is 5.75 Å². The lowest BCUT2D eigenvalue weighted by atomic mass is 9.86. The first kappa shape index (κ1) is 22.1. The van der Waals surface area contributed by atoms with E-state index in [2.05, 4.69) is 50.0 Å². The summed E-state index contributed by atoms with van der Waals surface area (Å²) in [5.74, 6) is 0.904. The fourth-order valence-electron chi connectivity index (χ4n) is 3.06. The van der Waals surface area contributed by atoms with Gasteiger partial charge >= 0.3 is 0 Å². The van der Waals surface area contributed by atoms with E-state index in [1.807, 2.05) is 26.0 Å². The molecule has 4 nitrogen and oxygen atoms in total. The minimum atomic E-state index is -0.212. The van der Waals surface area contributed by atoms with Crippen LogP contribution in [-0.4, -0.2) is 28.6 Å². The van der Waals surface area contributed by atoms with Crippen molar-refractivity contribution < 1.29 is 14.6 Å². The first-order chi connectivity index (χ1) is 13.2. The third kappa shape index (κ3) is 6.45. The van der Waals surface area contributed by atoms with Crippen LogP contribution in [0.15, 0.2) is 42.6 Å². The summed E-state index contributed by atoms with van der Waals surface area (Å²) in [6.07, 6.45) is 3.10. The molecule has 1 heterocycles. The van der Waals surface area contributed by atoms with Gasteiger partial charge in [-0.3, -0.25) is 9.78 Å². The second-order valence-corrected chi connectivity index (χ2v) is 8.52. The van der Waals surface area contributed by atoms with E-state index in [1.165, 1.54) is 5.56 Å². The summed E-state index contributed by atoms with van der Waals surface area (Å²) >= 11 is 0. The maximum atomic E-state index is 12.5. The van der Waals surface area contributed by atoms with Gasteiger partial charge in [0.1, 0.15) is 17.6 Å². The van der Waals surface area contributed by atoms with E-state index in [1.54, 1.807) is 6.20 Å². The van der Waals surface area contributed by atoms with Gasteiger partial charge in [-0.15, -0.1) is 0 Å². The molecule has 28 heavy (non-hydrogen) atoms. The molecule has 2 aromatic rings. The van der Waals surface area contributed by atoms with Gasteiger partial charge in [-0.05, 0) is 35.1 Å². The number of aliphatic hydroxyl groups is 1. The van der Waals surface area contributed by atoms with Crippen molar-refractivity contribution in [2.24, 2.45) is 0 Å². The maximum absolute atomic E-state index is 12.5. The van der Waals surface area contributed by atoms with E-state index in [-0.39, 0.29) is 29.8 Å². The van der Waals surface area contributed by atoms with Crippen LogP contribution in [0, 0.1) is 0 Å². The van der Waals surface area contributed by atoms with Crippen molar-refractivity contribution in [1.82, 2.24) is 4.98 Å². The Kier molecular flexibility index (Phi) is 7.76. The molecular formula is C24H33NO3. The predicted octanol–water partition coefficient (Wildman–Crippen LogP) is 4.83. The molecule has 0 aliphatic heterocycles. The van der Waals surface area contributed by atoms with E-state index in [0.29, 0.717) is 18.6 Å². The first-order valence-corrected chi connectivity index (χ1v) is 10.1. The molecule has 1 aromatic carbocycles. The number of pyridine rings is 1. The van der Waals surface area contributed by atoms with Crippen LogP contribution >= 0.6 is 0 Å². The molecule has 0 radical (unpaired) electrons. The number of aromatic nitrogens is 1. The van der Waals surface area contributed by atoms with Crippen molar-refractivity contribution in [3.63, 3.8) is 0 Å². The minimum absolute atomic E-state index is 0.0140. The largest absolute Gasteiger partial charge is 0.486 e. The summed E-state index contributed by atoms with van der Waals surface area (Å²) in [6, 6.07) is 12.1. The molecule has 2 atom stereocenters. The Morgan fingerprint density at radius 1 is 1.14 bits per heavy atom. The van der Waals surface area contributed by atoms with Crippen molar-refractivity contribution in [2.75, 3.05) is 6.61 Å². The van der Waals surface area contributed by atoms with Crippen LogP contribution in [0.3, 0.4) is 0 Å². The van der Waals surface area contributed by atoms with Crippen LogP contribution in [0.5, 0.6) is 5.75 Å². The number of carbonyl (C=O) groups excluding carboxylic acids is 1. The number of Topliss-reactive ketones (excluding diaryl/α,β-unsaturated/α-hetero) is 1. The maximum Gasteiger partial charge on any atom is 0.138 e. The van der Waals surface area contributed by atoms with E-state index < -0.39 is 0 Å². The summed E-state index contributed by atoms with van der Waals surface area (Å²) < 4.78 is 5.66. The Bertz CT molecular complexity index is 741. The number of rotatable bonds is 9. The molecule has 1 N–H and O–H groups in total. The van der Waals surface area contributed by atoms with Crippen molar-refractivity contribution in [1.29, 1.82) is 0 Å². The standard InChI is InChI=1S/C24H33NO3/c1-6-21(16-26)28-22-11-12-23(25-15-22)17(2)13-20(27)14-18-7-9-19(10-8-18)24(3,4)5/h7-12,15,17,21,26H,6,13-14,16H2,1-5H3. The zero-order chi connectivity index (χ0) is 20.7.